The van der Waals surface area contributed by atoms with E-state index in [4.69, 9.17) is 35.4 Å². The van der Waals surface area contributed by atoms with Crippen molar-refractivity contribution in [3.05, 3.63) is 63.0 Å². The Morgan fingerprint density at radius 2 is 1.70 bits per heavy atom. The number of rotatable bonds is 2. The van der Waals surface area contributed by atoms with Crippen LogP contribution in [0.2, 0.25) is 10.0 Å². The SMILES string of the molecule is O=C1/C(=C/c2c(Cl)cccc2Cl)SC(=S)N1c1ccc(O)cc1. The summed E-state index contributed by atoms with van der Waals surface area (Å²) in [7, 11) is 0. The minimum atomic E-state index is -0.248. The maximum absolute atomic E-state index is 12.6. The maximum atomic E-state index is 12.6. The van der Waals surface area contributed by atoms with E-state index in [1.165, 1.54) is 28.8 Å². The van der Waals surface area contributed by atoms with E-state index in [0.29, 0.717) is 30.5 Å². The number of thiocarbonyl (C=S) groups is 1. The predicted octanol–water partition coefficient (Wildman–Crippen LogP) is 5.10. The highest BCUT2D eigenvalue weighted by atomic mass is 35.5. The molecule has 0 aliphatic carbocycles. The van der Waals surface area contributed by atoms with Crippen LogP contribution in [0.25, 0.3) is 6.08 Å². The zero-order valence-electron chi connectivity index (χ0n) is 11.5. The molecule has 3 nitrogen and oxygen atoms in total. The lowest BCUT2D eigenvalue weighted by molar-refractivity contribution is -0.113. The Balaban J connectivity index is 1.98. The van der Waals surface area contributed by atoms with E-state index >= 15 is 0 Å². The van der Waals surface area contributed by atoms with Gasteiger partial charge in [0.2, 0.25) is 0 Å². The molecule has 0 saturated carbocycles. The van der Waals surface area contributed by atoms with E-state index in [-0.39, 0.29) is 11.7 Å². The van der Waals surface area contributed by atoms with Crippen molar-refractivity contribution < 1.29 is 9.90 Å². The van der Waals surface area contributed by atoms with Crippen LogP contribution in [0.3, 0.4) is 0 Å². The fraction of sp³-hybridized carbons (Fsp3) is 0. The monoisotopic (exact) mass is 381 g/mol. The molecule has 0 spiro atoms. The second kappa shape index (κ2) is 6.53. The average Bonchev–Trinajstić information content (AvgIpc) is 2.79. The number of hydrogen-bond acceptors (Lipinski definition) is 4. The topological polar surface area (TPSA) is 40.5 Å². The fourth-order valence-electron chi connectivity index (χ4n) is 2.07. The molecule has 1 saturated heterocycles. The average molecular weight is 382 g/mol. The van der Waals surface area contributed by atoms with Crippen LogP contribution in [-0.4, -0.2) is 15.3 Å². The van der Waals surface area contributed by atoms with Crippen molar-refractivity contribution in [2.24, 2.45) is 0 Å². The van der Waals surface area contributed by atoms with Gasteiger partial charge in [-0.05, 0) is 42.5 Å². The molecule has 1 N–H and O–H groups in total. The number of anilines is 1. The lowest BCUT2D eigenvalue weighted by Crippen LogP contribution is -2.27. The van der Waals surface area contributed by atoms with Crippen LogP contribution in [0, 0.1) is 0 Å². The Labute approximate surface area is 152 Å². The van der Waals surface area contributed by atoms with Crippen molar-refractivity contribution >= 4 is 69.2 Å². The molecule has 2 aromatic rings. The molecule has 0 atom stereocenters. The molecule has 1 aliphatic rings. The van der Waals surface area contributed by atoms with Crippen LogP contribution in [0.5, 0.6) is 5.75 Å². The number of amides is 1. The number of carbonyl (C=O) groups excluding carboxylic acids is 1. The second-order valence-corrected chi connectivity index (χ2v) is 7.16. The van der Waals surface area contributed by atoms with Crippen LogP contribution in [0.1, 0.15) is 5.56 Å². The van der Waals surface area contributed by atoms with E-state index < -0.39 is 0 Å². The molecular weight excluding hydrogens is 373 g/mol. The first-order valence-electron chi connectivity index (χ1n) is 6.48. The minimum Gasteiger partial charge on any atom is -0.508 e. The molecule has 0 bridgehead atoms. The second-order valence-electron chi connectivity index (χ2n) is 4.67. The van der Waals surface area contributed by atoms with Crippen LogP contribution >= 0.6 is 47.2 Å². The fourth-order valence-corrected chi connectivity index (χ4v) is 3.86. The van der Waals surface area contributed by atoms with E-state index in [2.05, 4.69) is 0 Å². The Morgan fingerprint density at radius 1 is 1.09 bits per heavy atom. The minimum absolute atomic E-state index is 0.123. The molecule has 1 fully saturated rings. The van der Waals surface area contributed by atoms with Gasteiger partial charge in [0.15, 0.2) is 4.32 Å². The van der Waals surface area contributed by atoms with Gasteiger partial charge in [0.05, 0.1) is 10.6 Å². The zero-order valence-corrected chi connectivity index (χ0v) is 14.6. The van der Waals surface area contributed by atoms with Crippen LogP contribution in [0.15, 0.2) is 47.4 Å². The van der Waals surface area contributed by atoms with E-state index in [0.717, 1.165) is 0 Å². The largest absolute Gasteiger partial charge is 0.508 e. The van der Waals surface area contributed by atoms with Crippen LogP contribution < -0.4 is 4.90 Å². The van der Waals surface area contributed by atoms with Crippen molar-refractivity contribution in [3.8, 4) is 5.75 Å². The van der Waals surface area contributed by atoms with Gasteiger partial charge in [0.25, 0.3) is 5.91 Å². The summed E-state index contributed by atoms with van der Waals surface area (Å²) in [6, 6.07) is 11.4. The number of thioether (sulfide) groups is 1. The van der Waals surface area contributed by atoms with Gasteiger partial charge in [-0.2, -0.15) is 0 Å². The Kier molecular flexibility index (Phi) is 4.64. The third-order valence-corrected chi connectivity index (χ3v) is 5.14. The van der Waals surface area contributed by atoms with Gasteiger partial charge in [-0.1, -0.05) is 53.2 Å². The number of phenols is 1. The van der Waals surface area contributed by atoms with Crippen LogP contribution in [0.4, 0.5) is 5.69 Å². The van der Waals surface area contributed by atoms with Crippen LogP contribution in [-0.2, 0) is 4.79 Å². The van der Waals surface area contributed by atoms with Crippen molar-refractivity contribution in [1.29, 1.82) is 0 Å². The van der Waals surface area contributed by atoms with Gasteiger partial charge in [-0.3, -0.25) is 9.69 Å². The quantitative estimate of drug-likeness (QED) is 0.579. The van der Waals surface area contributed by atoms with Gasteiger partial charge in [-0.25, -0.2) is 0 Å². The summed E-state index contributed by atoms with van der Waals surface area (Å²) in [4.78, 5) is 14.5. The molecule has 23 heavy (non-hydrogen) atoms. The molecule has 0 radical (unpaired) electrons. The van der Waals surface area contributed by atoms with Gasteiger partial charge in [0.1, 0.15) is 5.75 Å². The first-order chi connectivity index (χ1) is 11.0. The highest BCUT2D eigenvalue weighted by molar-refractivity contribution is 8.27. The van der Waals surface area contributed by atoms with Gasteiger partial charge < -0.3 is 5.11 Å². The first-order valence-corrected chi connectivity index (χ1v) is 8.46. The van der Waals surface area contributed by atoms with Crippen molar-refractivity contribution in [3.63, 3.8) is 0 Å². The summed E-state index contributed by atoms with van der Waals surface area (Å²) in [6.07, 6.45) is 1.64. The van der Waals surface area contributed by atoms with Gasteiger partial charge >= 0.3 is 0 Å². The van der Waals surface area contributed by atoms with Crippen molar-refractivity contribution in [2.45, 2.75) is 0 Å². The first kappa shape index (κ1) is 16.3. The zero-order chi connectivity index (χ0) is 16.6. The molecule has 7 heteroatoms. The Hall–Kier alpha value is -1.53. The number of aromatic hydroxyl groups is 1. The molecule has 3 rings (SSSR count). The summed E-state index contributed by atoms with van der Waals surface area (Å²) < 4.78 is 0.412. The normalized spacial score (nSPS) is 16.4. The Morgan fingerprint density at radius 3 is 2.30 bits per heavy atom. The summed E-state index contributed by atoms with van der Waals surface area (Å²) in [5, 5.41) is 10.3. The molecule has 2 aromatic carbocycles. The number of hydrogen-bond donors (Lipinski definition) is 1. The molecule has 1 heterocycles. The number of phenolic OH excluding ortho intramolecular Hbond substituents is 1. The van der Waals surface area contributed by atoms with E-state index in [9.17, 15) is 9.90 Å². The highest BCUT2D eigenvalue weighted by Gasteiger charge is 2.33. The highest BCUT2D eigenvalue weighted by Crippen LogP contribution is 2.38. The summed E-state index contributed by atoms with van der Waals surface area (Å²) in [5.74, 6) is -0.126. The Bertz CT molecular complexity index is 814. The van der Waals surface area contributed by atoms with Crippen molar-refractivity contribution in [2.75, 3.05) is 4.90 Å². The summed E-state index contributed by atoms with van der Waals surface area (Å²) in [5.41, 5.74) is 1.18. The van der Waals surface area contributed by atoms with Crippen molar-refractivity contribution in [1.82, 2.24) is 0 Å². The predicted molar refractivity (Wildman–Crippen MR) is 100 cm³/mol. The smallest absolute Gasteiger partial charge is 0.270 e. The third kappa shape index (κ3) is 3.23. The standard InChI is InChI=1S/C16H9Cl2NO2S2/c17-12-2-1-3-13(18)11(12)8-14-15(21)19(16(22)23-14)9-4-6-10(20)7-5-9/h1-8,20H/b14-8-. The molecular formula is C16H9Cl2NO2S2. The number of halogens is 2. The molecule has 0 unspecified atom stereocenters. The van der Waals surface area contributed by atoms with E-state index in [1.54, 1.807) is 36.4 Å². The summed E-state index contributed by atoms with van der Waals surface area (Å²) in [6.45, 7) is 0. The molecule has 116 valence electrons. The molecule has 1 amide bonds. The lowest BCUT2D eigenvalue weighted by atomic mass is 10.2. The number of nitrogens with zero attached hydrogens (tertiary/aromatic N) is 1. The third-order valence-electron chi connectivity index (χ3n) is 3.18. The number of benzene rings is 2. The lowest BCUT2D eigenvalue weighted by Gasteiger charge is -2.14. The maximum Gasteiger partial charge on any atom is 0.270 e. The van der Waals surface area contributed by atoms with Gasteiger partial charge in [0, 0.05) is 15.6 Å². The molecule has 1 aliphatic heterocycles. The van der Waals surface area contributed by atoms with Gasteiger partial charge in [-0.15, -0.1) is 0 Å². The molecule has 0 aromatic heterocycles. The van der Waals surface area contributed by atoms with E-state index in [1.807, 2.05) is 0 Å². The summed E-state index contributed by atoms with van der Waals surface area (Å²) >= 11 is 18.8. The number of carbonyl (C=O) groups is 1.